The van der Waals surface area contributed by atoms with Crippen molar-refractivity contribution >= 4 is 17.2 Å². The minimum absolute atomic E-state index is 0.156. The number of benzene rings is 1. The highest BCUT2D eigenvalue weighted by atomic mass is 32.1. The van der Waals surface area contributed by atoms with Gasteiger partial charge in [0.05, 0.1) is 4.88 Å². The molecule has 2 aromatic rings. The monoisotopic (exact) mass is 247 g/mol. The molecule has 0 saturated heterocycles. The number of thiophene rings is 1. The zero-order chi connectivity index (χ0) is 12.1. The smallest absolute Gasteiger partial charge is 0.272 e. The largest absolute Gasteiger partial charge is 0.365 e. The van der Waals surface area contributed by atoms with Gasteiger partial charge in [0.25, 0.3) is 5.91 Å². The Bertz CT molecular complexity index is 467. The van der Waals surface area contributed by atoms with Crippen LogP contribution in [0.25, 0.3) is 0 Å². The Morgan fingerprint density at radius 1 is 1.24 bits per heavy atom. The molecule has 1 aromatic heterocycles. The van der Waals surface area contributed by atoms with Gasteiger partial charge in [-0.05, 0) is 11.4 Å². The van der Waals surface area contributed by atoms with Crippen LogP contribution >= 0.6 is 11.3 Å². The van der Waals surface area contributed by atoms with Crippen LogP contribution in [0.1, 0.15) is 16.5 Å². The predicted molar refractivity (Wildman–Crippen MR) is 68.6 cm³/mol. The maximum atomic E-state index is 10.9. The molecule has 0 fully saturated rings. The molecule has 0 aliphatic rings. The second-order valence-corrected chi connectivity index (χ2v) is 4.79. The van der Waals surface area contributed by atoms with Crippen LogP contribution in [0.3, 0.4) is 0 Å². The minimum atomic E-state index is -0.289. The summed E-state index contributed by atoms with van der Waals surface area (Å²) in [6, 6.07) is 14.4. The third-order valence-electron chi connectivity index (χ3n) is 2.56. The van der Waals surface area contributed by atoms with Gasteiger partial charge in [-0.15, -0.1) is 11.3 Å². The first-order chi connectivity index (χ1) is 8.27. The lowest BCUT2D eigenvalue weighted by molar-refractivity contribution is -0.676. The molecule has 88 valence electrons. The predicted octanol–water partition coefficient (Wildman–Crippen LogP) is 0.886. The quantitative estimate of drug-likeness (QED) is 0.810. The summed E-state index contributed by atoms with van der Waals surface area (Å²) in [5.41, 5.74) is 6.40. The second kappa shape index (κ2) is 5.61. The average molecular weight is 247 g/mol. The second-order valence-electron chi connectivity index (χ2n) is 3.81. The standard InChI is InChI=1S/C13H14N2OS/c14-12(16)9-15-13(11-7-4-8-17-11)10-5-2-1-3-6-10/h1-8,13,15H,9H2,(H2,14,16)/p+1/t13-/m1/s1. The molecule has 0 bridgehead atoms. The average Bonchev–Trinajstić information content (AvgIpc) is 2.84. The van der Waals surface area contributed by atoms with Crippen molar-refractivity contribution in [2.24, 2.45) is 5.73 Å². The highest BCUT2D eigenvalue weighted by Crippen LogP contribution is 2.22. The normalized spacial score (nSPS) is 12.2. The topological polar surface area (TPSA) is 59.7 Å². The third-order valence-corrected chi connectivity index (χ3v) is 3.52. The van der Waals surface area contributed by atoms with Gasteiger partial charge in [-0.1, -0.05) is 36.4 Å². The fourth-order valence-electron chi connectivity index (χ4n) is 1.78. The van der Waals surface area contributed by atoms with Crippen LogP contribution in [0.2, 0.25) is 0 Å². The lowest BCUT2D eigenvalue weighted by Crippen LogP contribution is -2.87. The fraction of sp³-hybridized carbons (Fsp3) is 0.154. The molecule has 1 amide bonds. The molecule has 3 nitrogen and oxygen atoms in total. The number of carbonyl (C=O) groups excluding carboxylic acids is 1. The van der Waals surface area contributed by atoms with Crippen molar-refractivity contribution in [2.45, 2.75) is 6.04 Å². The first-order valence-electron chi connectivity index (χ1n) is 5.47. The van der Waals surface area contributed by atoms with Gasteiger partial charge < -0.3 is 11.1 Å². The van der Waals surface area contributed by atoms with E-state index in [4.69, 9.17) is 5.73 Å². The molecular weight excluding hydrogens is 232 g/mol. The van der Waals surface area contributed by atoms with E-state index in [2.05, 4.69) is 18.2 Å². The molecule has 1 heterocycles. The molecule has 2 rings (SSSR count). The van der Waals surface area contributed by atoms with Gasteiger partial charge in [0.2, 0.25) is 0 Å². The number of rotatable bonds is 5. The Morgan fingerprint density at radius 3 is 2.59 bits per heavy atom. The zero-order valence-corrected chi connectivity index (χ0v) is 10.2. The fourth-order valence-corrected chi connectivity index (χ4v) is 2.63. The first-order valence-corrected chi connectivity index (χ1v) is 6.35. The Kier molecular flexibility index (Phi) is 3.90. The Hall–Kier alpha value is -1.65. The number of nitrogens with two attached hydrogens (primary N) is 2. The van der Waals surface area contributed by atoms with E-state index >= 15 is 0 Å². The molecule has 0 aliphatic carbocycles. The summed E-state index contributed by atoms with van der Waals surface area (Å²) in [5, 5.41) is 4.02. The van der Waals surface area contributed by atoms with Crippen LogP contribution in [-0.2, 0) is 4.79 Å². The highest BCUT2D eigenvalue weighted by molar-refractivity contribution is 7.10. The summed E-state index contributed by atoms with van der Waals surface area (Å²) < 4.78 is 0. The van der Waals surface area contributed by atoms with Gasteiger partial charge in [0.1, 0.15) is 6.04 Å². The number of hydrogen-bond donors (Lipinski definition) is 2. The molecule has 0 radical (unpaired) electrons. The van der Waals surface area contributed by atoms with E-state index < -0.39 is 0 Å². The number of quaternary nitrogens is 1. The molecule has 4 N–H and O–H groups in total. The van der Waals surface area contributed by atoms with E-state index in [0.29, 0.717) is 6.54 Å². The van der Waals surface area contributed by atoms with Gasteiger partial charge in [0.15, 0.2) is 6.54 Å². The van der Waals surface area contributed by atoms with E-state index in [1.807, 2.05) is 35.0 Å². The summed E-state index contributed by atoms with van der Waals surface area (Å²) >= 11 is 1.69. The van der Waals surface area contributed by atoms with E-state index in [1.54, 1.807) is 11.3 Å². The van der Waals surface area contributed by atoms with Gasteiger partial charge in [-0.25, -0.2) is 0 Å². The van der Waals surface area contributed by atoms with Crippen molar-refractivity contribution in [1.29, 1.82) is 0 Å². The van der Waals surface area contributed by atoms with Crippen LogP contribution in [0, 0.1) is 0 Å². The van der Waals surface area contributed by atoms with Crippen molar-refractivity contribution in [3.63, 3.8) is 0 Å². The molecule has 1 aromatic carbocycles. The summed E-state index contributed by atoms with van der Waals surface area (Å²) in [4.78, 5) is 12.1. The van der Waals surface area contributed by atoms with Gasteiger partial charge in [-0.2, -0.15) is 0 Å². The highest BCUT2D eigenvalue weighted by Gasteiger charge is 2.18. The summed E-state index contributed by atoms with van der Waals surface area (Å²) in [6.45, 7) is 0.303. The lowest BCUT2D eigenvalue weighted by atomic mass is 10.1. The molecule has 0 saturated carbocycles. The molecule has 0 spiro atoms. The summed E-state index contributed by atoms with van der Waals surface area (Å²) in [6.07, 6.45) is 0. The molecule has 0 unspecified atom stereocenters. The van der Waals surface area contributed by atoms with Gasteiger partial charge in [-0.3, -0.25) is 4.79 Å². The molecule has 1 atom stereocenters. The molecule has 17 heavy (non-hydrogen) atoms. The Labute approximate surface area is 104 Å². The van der Waals surface area contributed by atoms with Crippen LogP contribution < -0.4 is 11.1 Å². The van der Waals surface area contributed by atoms with Crippen LogP contribution in [0.4, 0.5) is 0 Å². The van der Waals surface area contributed by atoms with Crippen LogP contribution in [-0.4, -0.2) is 12.5 Å². The summed E-state index contributed by atoms with van der Waals surface area (Å²) in [5.74, 6) is -0.289. The van der Waals surface area contributed by atoms with E-state index in [1.165, 1.54) is 10.4 Å². The van der Waals surface area contributed by atoms with Crippen LogP contribution in [0.5, 0.6) is 0 Å². The number of primary amides is 1. The van der Waals surface area contributed by atoms with Crippen molar-refractivity contribution in [2.75, 3.05) is 6.54 Å². The van der Waals surface area contributed by atoms with Crippen molar-refractivity contribution < 1.29 is 10.1 Å². The van der Waals surface area contributed by atoms with Crippen LogP contribution in [0.15, 0.2) is 47.8 Å². The summed E-state index contributed by atoms with van der Waals surface area (Å²) in [7, 11) is 0. The Balaban J connectivity index is 2.22. The SMILES string of the molecule is NC(=O)C[NH2+][C@H](c1ccccc1)c1cccs1. The van der Waals surface area contributed by atoms with Crippen molar-refractivity contribution in [3.8, 4) is 0 Å². The van der Waals surface area contributed by atoms with E-state index in [0.717, 1.165) is 0 Å². The molecule has 0 aliphatic heterocycles. The van der Waals surface area contributed by atoms with E-state index in [-0.39, 0.29) is 11.9 Å². The first kappa shape index (κ1) is 11.8. The Morgan fingerprint density at radius 2 is 2.00 bits per heavy atom. The maximum absolute atomic E-state index is 10.9. The minimum Gasteiger partial charge on any atom is -0.365 e. The van der Waals surface area contributed by atoms with Crippen molar-refractivity contribution in [3.05, 3.63) is 58.3 Å². The van der Waals surface area contributed by atoms with Crippen molar-refractivity contribution in [1.82, 2.24) is 0 Å². The van der Waals surface area contributed by atoms with Gasteiger partial charge >= 0.3 is 0 Å². The molecular formula is C13H15N2OS+. The third kappa shape index (κ3) is 3.15. The van der Waals surface area contributed by atoms with E-state index in [9.17, 15) is 4.79 Å². The lowest BCUT2D eigenvalue weighted by Gasteiger charge is -2.13. The van der Waals surface area contributed by atoms with Gasteiger partial charge in [0, 0.05) is 5.56 Å². The molecule has 4 heteroatoms. The number of carbonyl (C=O) groups is 1. The maximum Gasteiger partial charge on any atom is 0.272 e. The number of amides is 1. The zero-order valence-electron chi connectivity index (χ0n) is 9.37. The number of hydrogen-bond acceptors (Lipinski definition) is 2.